The van der Waals surface area contributed by atoms with Crippen molar-refractivity contribution in [2.45, 2.75) is 22.7 Å². The Hall–Kier alpha value is -0.720. The van der Waals surface area contributed by atoms with E-state index in [0.717, 1.165) is 9.37 Å². The van der Waals surface area contributed by atoms with Gasteiger partial charge >= 0.3 is 6.09 Å². The van der Waals surface area contributed by atoms with Gasteiger partial charge < -0.3 is 15.1 Å². The average Bonchev–Trinajstić information content (AvgIpc) is 2.34. The quantitative estimate of drug-likeness (QED) is 0.874. The van der Waals surface area contributed by atoms with Crippen LogP contribution >= 0.6 is 27.7 Å². The van der Waals surface area contributed by atoms with E-state index >= 15 is 0 Å². The Morgan fingerprint density at radius 1 is 1.39 bits per heavy atom. The van der Waals surface area contributed by atoms with Crippen molar-refractivity contribution in [3.8, 4) is 0 Å². The highest BCUT2D eigenvalue weighted by Gasteiger charge is 2.30. The van der Waals surface area contributed by atoms with E-state index in [9.17, 15) is 9.90 Å². The molecule has 1 aromatic carbocycles. The Labute approximate surface area is 118 Å². The molecule has 1 aliphatic rings. The number of piperidine rings is 1. The van der Waals surface area contributed by atoms with E-state index in [0.29, 0.717) is 13.0 Å². The van der Waals surface area contributed by atoms with E-state index in [1.54, 1.807) is 11.8 Å². The van der Waals surface area contributed by atoms with Crippen LogP contribution in [0.1, 0.15) is 6.42 Å². The molecule has 1 fully saturated rings. The first-order valence-electron chi connectivity index (χ1n) is 5.64. The fourth-order valence-electron chi connectivity index (χ4n) is 1.91. The van der Waals surface area contributed by atoms with Crippen LogP contribution in [0.2, 0.25) is 0 Å². The van der Waals surface area contributed by atoms with Crippen LogP contribution in [0.5, 0.6) is 0 Å². The number of benzene rings is 1. The summed E-state index contributed by atoms with van der Waals surface area (Å²) in [6.45, 7) is 0.685. The molecule has 98 valence electrons. The lowest BCUT2D eigenvalue weighted by atomic mass is 10.1. The summed E-state index contributed by atoms with van der Waals surface area (Å²) in [6, 6.07) is 7.90. The van der Waals surface area contributed by atoms with Crippen LogP contribution in [0, 0.1) is 0 Å². The molecule has 0 bridgehead atoms. The van der Waals surface area contributed by atoms with Crippen molar-refractivity contribution in [2.24, 2.45) is 0 Å². The van der Waals surface area contributed by atoms with Crippen molar-refractivity contribution in [1.29, 1.82) is 0 Å². The summed E-state index contributed by atoms with van der Waals surface area (Å²) < 4.78 is 1.02. The van der Waals surface area contributed by atoms with E-state index in [4.69, 9.17) is 5.11 Å². The van der Waals surface area contributed by atoms with Crippen molar-refractivity contribution < 1.29 is 15.0 Å². The van der Waals surface area contributed by atoms with Crippen molar-refractivity contribution >= 4 is 33.8 Å². The summed E-state index contributed by atoms with van der Waals surface area (Å²) in [4.78, 5) is 13.2. The lowest BCUT2D eigenvalue weighted by Gasteiger charge is -2.33. The number of aliphatic hydroxyl groups excluding tert-OH is 1. The van der Waals surface area contributed by atoms with Gasteiger partial charge in [-0.25, -0.2) is 4.79 Å². The number of carbonyl (C=O) groups is 1. The SMILES string of the molecule is O=C(O)N1CCC(Sc2ccc(Br)cc2)C(O)C1. The summed E-state index contributed by atoms with van der Waals surface area (Å²) in [6.07, 6.45) is -0.890. The monoisotopic (exact) mass is 331 g/mol. The van der Waals surface area contributed by atoms with E-state index in [1.807, 2.05) is 24.3 Å². The maximum Gasteiger partial charge on any atom is 0.407 e. The second-order valence-electron chi connectivity index (χ2n) is 4.19. The molecule has 0 radical (unpaired) electrons. The largest absolute Gasteiger partial charge is 0.465 e. The van der Waals surface area contributed by atoms with E-state index < -0.39 is 12.2 Å². The fraction of sp³-hybridized carbons (Fsp3) is 0.417. The first kappa shape index (κ1) is 13.7. The molecule has 0 saturated carbocycles. The van der Waals surface area contributed by atoms with Gasteiger partial charge in [0.05, 0.1) is 12.6 Å². The fourth-order valence-corrected chi connectivity index (χ4v) is 3.28. The second-order valence-corrected chi connectivity index (χ2v) is 6.42. The van der Waals surface area contributed by atoms with Crippen molar-refractivity contribution in [3.05, 3.63) is 28.7 Å². The van der Waals surface area contributed by atoms with Gasteiger partial charge in [0.2, 0.25) is 0 Å². The maximum atomic E-state index is 10.8. The molecule has 1 heterocycles. The molecule has 0 aliphatic carbocycles. The molecular weight excluding hydrogens is 318 g/mol. The molecule has 0 aromatic heterocycles. The Kier molecular flexibility index (Phi) is 4.53. The summed E-state index contributed by atoms with van der Waals surface area (Å²) in [5, 5.41) is 18.9. The number of likely N-dealkylation sites (tertiary alicyclic amines) is 1. The highest BCUT2D eigenvalue weighted by molar-refractivity contribution is 9.10. The van der Waals surface area contributed by atoms with E-state index in [-0.39, 0.29) is 11.8 Å². The van der Waals surface area contributed by atoms with Crippen LogP contribution in [0.4, 0.5) is 4.79 Å². The van der Waals surface area contributed by atoms with Crippen LogP contribution in [-0.4, -0.2) is 45.6 Å². The van der Waals surface area contributed by atoms with Crippen molar-refractivity contribution in [2.75, 3.05) is 13.1 Å². The Morgan fingerprint density at radius 3 is 2.61 bits per heavy atom. The molecule has 2 atom stereocenters. The van der Waals surface area contributed by atoms with Crippen LogP contribution in [0.3, 0.4) is 0 Å². The van der Waals surface area contributed by atoms with Crippen LogP contribution in [0.25, 0.3) is 0 Å². The lowest BCUT2D eigenvalue weighted by Crippen LogP contribution is -2.47. The number of thioether (sulfide) groups is 1. The molecule has 1 saturated heterocycles. The van der Waals surface area contributed by atoms with Crippen molar-refractivity contribution in [3.63, 3.8) is 0 Å². The number of hydrogen-bond donors (Lipinski definition) is 2. The molecule has 4 nitrogen and oxygen atoms in total. The minimum Gasteiger partial charge on any atom is -0.465 e. The predicted molar refractivity (Wildman–Crippen MR) is 74.0 cm³/mol. The number of amides is 1. The lowest BCUT2D eigenvalue weighted by molar-refractivity contribution is 0.0703. The molecule has 1 aromatic rings. The predicted octanol–water partition coefficient (Wildman–Crippen LogP) is 2.65. The van der Waals surface area contributed by atoms with Gasteiger partial charge in [0.15, 0.2) is 0 Å². The van der Waals surface area contributed by atoms with Gasteiger partial charge in [0.1, 0.15) is 0 Å². The number of aliphatic hydroxyl groups is 1. The number of rotatable bonds is 2. The molecule has 1 aliphatic heterocycles. The van der Waals surface area contributed by atoms with Gasteiger partial charge in [0.25, 0.3) is 0 Å². The van der Waals surface area contributed by atoms with Gasteiger partial charge in [-0.15, -0.1) is 11.8 Å². The molecule has 2 N–H and O–H groups in total. The zero-order valence-corrected chi connectivity index (χ0v) is 12.0. The maximum absolute atomic E-state index is 10.8. The standard InChI is InChI=1S/C12H14BrNO3S/c13-8-1-3-9(4-2-8)18-11-5-6-14(12(16)17)7-10(11)15/h1-4,10-11,15H,5-7H2,(H,16,17). The van der Waals surface area contributed by atoms with Gasteiger partial charge in [-0.05, 0) is 30.7 Å². The normalized spacial score (nSPS) is 24.0. The van der Waals surface area contributed by atoms with E-state index in [2.05, 4.69) is 15.9 Å². The van der Waals surface area contributed by atoms with Crippen LogP contribution < -0.4 is 0 Å². The molecule has 18 heavy (non-hydrogen) atoms. The smallest absolute Gasteiger partial charge is 0.407 e. The number of halogens is 1. The highest BCUT2D eigenvalue weighted by atomic mass is 79.9. The second kappa shape index (κ2) is 5.95. The van der Waals surface area contributed by atoms with Gasteiger partial charge in [0, 0.05) is 21.2 Å². The Balaban J connectivity index is 1.95. The minimum absolute atomic E-state index is 0.0572. The zero-order chi connectivity index (χ0) is 13.1. The third kappa shape index (κ3) is 3.40. The first-order chi connectivity index (χ1) is 8.56. The zero-order valence-electron chi connectivity index (χ0n) is 9.62. The number of hydrogen-bond acceptors (Lipinski definition) is 3. The van der Waals surface area contributed by atoms with E-state index in [1.165, 1.54) is 4.90 Å². The van der Waals surface area contributed by atoms with Gasteiger partial charge in [-0.3, -0.25) is 0 Å². The molecule has 0 spiro atoms. The molecule has 2 rings (SSSR count). The molecular formula is C12H14BrNO3S. The topological polar surface area (TPSA) is 60.8 Å². The van der Waals surface area contributed by atoms with Crippen LogP contribution in [-0.2, 0) is 0 Å². The summed E-state index contributed by atoms with van der Waals surface area (Å²) in [7, 11) is 0. The molecule has 6 heteroatoms. The Morgan fingerprint density at radius 2 is 2.06 bits per heavy atom. The summed E-state index contributed by atoms with van der Waals surface area (Å²) >= 11 is 4.98. The van der Waals surface area contributed by atoms with Gasteiger partial charge in [-0.1, -0.05) is 15.9 Å². The number of β-amino-alcohol motifs (C(OH)–C–C–N with tert-alkyl or cyclic N) is 1. The Bertz CT molecular complexity index is 426. The molecule has 2 unspecified atom stereocenters. The number of carboxylic acid groups (broad SMARTS) is 1. The summed E-state index contributed by atoms with van der Waals surface area (Å²) in [5.74, 6) is 0. The number of nitrogens with zero attached hydrogens (tertiary/aromatic N) is 1. The third-order valence-corrected chi connectivity index (χ3v) is 4.82. The summed E-state index contributed by atoms with van der Waals surface area (Å²) in [5.41, 5.74) is 0. The first-order valence-corrected chi connectivity index (χ1v) is 7.31. The average molecular weight is 332 g/mol. The van der Waals surface area contributed by atoms with Crippen molar-refractivity contribution in [1.82, 2.24) is 4.90 Å². The van der Waals surface area contributed by atoms with Gasteiger partial charge in [-0.2, -0.15) is 0 Å². The third-order valence-electron chi connectivity index (χ3n) is 2.89. The van der Waals surface area contributed by atoms with Crippen LogP contribution in [0.15, 0.2) is 33.6 Å². The minimum atomic E-state index is -0.957. The molecule has 1 amide bonds. The highest BCUT2D eigenvalue weighted by Crippen LogP contribution is 2.31.